The van der Waals surface area contributed by atoms with Gasteiger partial charge in [0.25, 0.3) is 0 Å². The van der Waals surface area contributed by atoms with E-state index in [1.54, 1.807) is 0 Å². The molecule has 0 radical (unpaired) electrons. The van der Waals surface area contributed by atoms with Crippen LogP contribution in [0.4, 0.5) is 4.79 Å². The molecular formula is C13H24N2O3. The van der Waals surface area contributed by atoms with Crippen molar-refractivity contribution in [2.75, 3.05) is 0 Å². The number of nitrogens with one attached hydrogen (secondary N) is 2. The maximum absolute atomic E-state index is 11.7. The van der Waals surface area contributed by atoms with Gasteiger partial charge in [-0.05, 0) is 19.3 Å². The van der Waals surface area contributed by atoms with Crippen LogP contribution < -0.4 is 10.6 Å². The van der Waals surface area contributed by atoms with Crippen molar-refractivity contribution in [2.24, 2.45) is 0 Å². The predicted octanol–water partition coefficient (Wildman–Crippen LogP) is 2.26. The fourth-order valence-electron chi connectivity index (χ4n) is 2.30. The summed E-state index contributed by atoms with van der Waals surface area (Å²) in [6.45, 7) is 2.00. The molecule has 0 aromatic heterocycles. The minimum absolute atomic E-state index is 0.208. The SMILES string of the molecule is CCCCC(NC(=O)NC1CCCCC1)C(=O)O. The van der Waals surface area contributed by atoms with Gasteiger partial charge in [-0.1, -0.05) is 39.0 Å². The van der Waals surface area contributed by atoms with E-state index >= 15 is 0 Å². The molecule has 0 saturated heterocycles. The fourth-order valence-corrected chi connectivity index (χ4v) is 2.30. The first-order chi connectivity index (χ1) is 8.63. The minimum Gasteiger partial charge on any atom is -0.480 e. The number of hydrogen-bond donors (Lipinski definition) is 3. The zero-order valence-electron chi connectivity index (χ0n) is 11.1. The van der Waals surface area contributed by atoms with Crippen LogP contribution in [0.25, 0.3) is 0 Å². The van der Waals surface area contributed by atoms with Crippen molar-refractivity contribution in [3.05, 3.63) is 0 Å². The Morgan fingerprint density at radius 1 is 1.28 bits per heavy atom. The van der Waals surface area contributed by atoms with Crippen molar-refractivity contribution in [2.45, 2.75) is 70.4 Å². The van der Waals surface area contributed by atoms with Gasteiger partial charge in [-0.3, -0.25) is 0 Å². The molecule has 1 aliphatic carbocycles. The van der Waals surface area contributed by atoms with Crippen molar-refractivity contribution < 1.29 is 14.7 Å². The normalized spacial score (nSPS) is 18.1. The van der Waals surface area contributed by atoms with Gasteiger partial charge >= 0.3 is 12.0 Å². The van der Waals surface area contributed by atoms with E-state index in [4.69, 9.17) is 5.11 Å². The first-order valence-corrected chi connectivity index (χ1v) is 6.93. The molecule has 0 heterocycles. The third-order valence-electron chi connectivity index (χ3n) is 3.39. The van der Waals surface area contributed by atoms with E-state index in [0.29, 0.717) is 6.42 Å². The average molecular weight is 256 g/mol. The van der Waals surface area contributed by atoms with Gasteiger partial charge < -0.3 is 15.7 Å². The summed E-state index contributed by atoms with van der Waals surface area (Å²) >= 11 is 0. The number of unbranched alkanes of at least 4 members (excludes halogenated alkanes) is 1. The molecule has 3 N–H and O–H groups in total. The molecule has 0 bridgehead atoms. The van der Waals surface area contributed by atoms with E-state index in [2.05, 4.69) is 10.6 Å². The van der Waals surface area contributed by atoms with Crippen LogP contribution in [-0.2, 0) is 4.79 Å². The Morgan fingerprint density at radius 3 is 2.50 bits per heavy atom. The van der Waals surface area contributed by atoms with Gasteiger partial charge in [0, 0.05) is 6.04 Å². The van der Waals surface area contributed by atoms with Crippen molar-refractivity contribution in [3.63, 3.8) is 0 Å². The lowest BCUT2D eigenvalue weighted by Gasteiger charge is -2.24. The first kappa shape index (κ1) is 14.8. The summed E-state index contributed by atoms with van der Waals surface area (Å²) in [6, 6.07) is -0.904. The number of carbonyl (C=O) groups is 2. The third-order valence-corrected chi connectivity index (χ3v) is 3.39. The Bertz CT molecular complexity index is 275. The molecule has 2 amide bonds. The zero-order chi connectivity index (χ0) is 13.4. The molecule has 0 aromatic rings. The van der Waals surface area contributed by atoms with Crippen LogP contribution >= 0.6 is 0 Å². The molecule has 18 heavy (non-hydrogen) atoms. The van der Waals surface area contributed by atoms with E-state index < -0.39 is 12.0 Å². The van der Waals surface area contributed by atoms with Gasteiger partial charge in [-0.25, -0.2) is 9.59 Å². The molecule has 0 aromatic carbocycles. The first-order valence-electron chi connectivity index (χ1n) is 6.93. The van der Waals surface area contributed by atoms with Gasteiger partial charge in [-0.2, -0.15) is 0 Å². The molecule has 1 fully saturated rings. The van der Waals surface area contributed by atoms with Crippen molar-refractivity contribution in [3.8, 4) is 0 Å². The Labute approximate surface area is 108 Å². The molecule has 1 atom stereocenters. The Hall–Kier alpha value is -1.26. The molecule has 1 aliphatic rings. The van der Waals surface area contributed by atoms with E-state index in [1.165, 1.54) is 6.42 Å². The molecule has 5 nitrogen and oxygen atoms in total. The maximum atomic E-state index is 11.7. The molecule has 0 aliphatic heterocycles. The highest BCUT2D eigenvalue weighted by atomic mass is 16.4. The monoisotopic (exact) mass is 256 g/mol. The number of aliphatic carboxylic acids is 1. The van der Waals surface area contributed by atoms with E-state index in [-0.39, 0.29) is 12.1 Å². The number of hydrogen-bond acceptors (Lipinski definition) is 2. The van der Waals surface area contributed by atoms with Crippen LogP contribution in [0.15, 0.2) is 0 Å². The predicted molar refractivity (Wildman–Crippen MR) is 69.5 cm³/mol. The van der Waals surface area contributed by atoms with Crippen LogP contribution in [0.1, 0.15) is 58.3 Å². The summed E-state index contributed by atoms with van der Waals surface area (Å²) in [7, 11) is 0. The molecule has 0 spiro atoms. The summed E-state index contributed by atoms with van der Waals surface area (Å²) in [4.78, 5) is 22.7. The maximum Gasteiger partial charge on any atom is 0.326 e. The standard InChI is InChI=1S/C13H24N2O3/c1-2-3-9-11(12(16)17)15-13(18)14-10-7-5-4-6-8-10/h10-11H,2-9H2,1H3,(H,16,17)(H2,14,15,18). The van der Waals surface area contributed by atoms with Gasteiger partial charge in [0.1, 0.15) is 6.04 Å². The summed E-state index contributed by atoms with van der Waals surface area (Å²) < 4.78 is 0. The molecule has 1 saturated carbocycles. The van der Waals surface area contributed by atoms with Crippen molar-refractivity contribution >= 4 is 12.0 Å². The number of carbonyl (C=O) groups excluding carboxylic acids is 1. The van der Waals surface area contributed by atoms with Gasteiger partial charge in [0.15, 0.2) is 0 Å². The number of rotatable bonds is 6. The highest BCUT2D eigenvalue weighted by Gasteiger charge is 2.21. The largest absolute Gasteiger partial charge is 0.480 e. The minimum atomic E-state index is -0.956. The molecule has 104 valence electrons. The van der Waals surface area contributed by atoms with Crippen LogP contribution in [0, 0.1) is 0 Å². The Kier molecular flexibility index (Phi) is 6.54. The van der Waals surface area contributed by atoms with Crippen molar-refractivity contribution in [1.29, 1.82) is 0 Å². The molecule has 1 unspecified atom stereocenters. The van der Waals surface area contributed by atoms with Crippen LogP contribution in [0.3, 0.4) is 0 Å². The quantitative estimate of drug-likeness (QED) is 0.682. The smallest absolute Gasteiger partial charge is 0.326 e. The van der Waals surface area contributed by atoms with Crippen LogP contribution in [0.5, 0.6) is 0 Å². The summed E-state index contributed by atoms with van der Waals surface area (Å²) in [5, 5.41) is 14.4. The Morgan fingerprint density at radius 2 is 1.94 bits per heavy atom. The van der Waals surface area contributed by atoms with Crippen LogP contribution in [-0.4, -0.2) is 29.2 Å². The summed E-state index contributed by atoms with van der Waals surface area (Å²) in [5.74, 6) is -0.956. The van der Waals surface area contributed by atoms with Gasteiger partial charge in [0.05, 0.1) is 0 Å². The second-order valence-electron chi connectivity index (χ2n) is 4.99. The van der Waals surface area contributed by atoms with Crippen molar-refractivity contribution in [1.82, 2.24) is 10.6 Å². The number of urea groups is 1. The lowest BCUT2D eigenvalue weighted by atomic mass is 9.96. The third kappa shape index (κ3) is 5.38. The zero-order valence-corrected chi connectivity index (χ0v) is 11.1. The molecule has 5 heteroatoms. The van der Waals surface area contributed by atoms with E-state index in [9.17, 15) is 9.59 Å². The summed E-state index contributed by atoms with van der Waals surface area (Å²) in [6.07, 6.45) is 7.74. The molecule has 1 rings (SSSR count). The topological polar surface area (TPSA) is 78.4 Å². The highest BCUT2D eigenvalue weighted by Crippen LogP contribution is 2.17. The second kappa shape index (κ2) is 7.95. The summed E-state index contributed by atoms with van der Waals surface area (Å²) in [5.41, 5.74) is 0. The highest BCUT2D eigenvalue weighted by molar-refractivity contribution is 5.82. The van der Waals surface area contributed by atoms with E-state index in [1.807, 2.05) is 6.92 Å². The van der Waals surface area contributed by atoms with E-state index in [0.717, 1.165) is 38.5 Å². The van der Waals surface area contributed by atoms with Gasteiger partial charge in [0.2, 0.25) is 0 Å². The lowest BCUT2D eigenvalue weighted by molar-refractivity contribution is -0.139. The fraction of sp³-hybridized carbons (Fsp3) is 0.846. The molecular weight excluding hydrogens is 232 g/mol. The number of carboxylic acid groups (broad SMARTS) is 1. The number of carboxylic acids is 1. The average Bonchev–Trinajstić information content (AvgIpc) is 2.35. The van der Waals surface area contributed by atoms with Crippen LogP contribution in [0.2, 0.25) is 0 Å². The lowest BCUT2D eigenvalue weighted by Crippen LogP contribution is -2.49. The second-order valence-corrected chi connectivity index (χ2v) is 4.99. The number of amides is 2. The Balaban J connectivity index is 2.32. The van der Waals surface area contributed by atoms with Gasteiger partial charge in [-0.15, -0.1) is 0 Å².